The Bertz CT molecular complexity index is 976. The van der Waals surface area contributed by atoms with Crippen molar-refractivity contribution in [1.29, 1.82) is 0 Å². The molecule has 0 bridgehead atoms. The Kier molecular flexibility index (Phi) is 12.2. The predicted molar refractivity (Wildman–Crippen MR) is 175 cm³/mol. The van der Waals surface area contributed by atoms with E-state index >= 15 is 0 Å². The molecule has 0 aliphatic carbocycles. The highest BCUT2D eigenvalue weighted by Gasteiger charge is 2.42. The molecule has 1 rings (SSSR count). The van der Waals surface area contributed by atoms with Crippen LogP contribution in [-0.4, -0.2) is 41.4 Å². The van der Waals surface area contributed by atoms with Crippen LogP contribution in [0.5, 0.6) is 11.5 Å². The first kappa shape index (κ1) is 36.7. The summed E-state index contributed by atoms with van der Waals surface area (Å²) in [7, 11) is -4.10. The number of esters is 1. The van der Waals surface area contributed by atoms with Crippen molar-refractivity contribution in [1.82, 2.24) is 0 Å². The summed E-state index contributed by atoms with van der Waals surface area (Å²) in [5.41, 5.74) is 1.11. The summed E-state index contributed by atoms with van der Waals surface area (Å²) >= 11 is 0. The molecular formula is C33H62O5Si2. The largest absolute Gasteiger partial charge is 0.543 e. The zero-order valence-electron chi connectivity index (χ0n) is 28.9. The van der Waals surface area contributed by atoms with E-state index in [0.29, 0.717) is 13.2 Å². The summed E-state index contributed by atoms with van der Waals surface area (Å²) < 4.78 is 25.6. The van der Waals surface area contributed by atoms with Crippen LogP contribution in [0.3, 0.4) is 0 Å². The molecule has 0 heterocycles. The first-order valence-electron chi connectivity index (χ1n) is 15.2. The minimum Gasteiger partial charge on any atom is -0.543 e. The highest BCUT2D eigenvalue weighted by atomic mass is 28.4. The number of hydrogen-bond acceptors (Lipinski definition) is 5. The Morgan fingerprint density at radius 2 is 1.35 bits per heavy atom. The molecule has 5 nitrogen and oxygen atoms in total. The van der Waals surface area contributed by atoms with Gasteiger partial charge in [0.2, 0.25) is 8.32 Å². The van der Waals surface area contributed by atoms with E-state index in [9.17, 15) is 4.79 Å². The minimum atomic E-state index is -2.20. The summed E-state index contributed by atoms with van der Waals surface area (Å²) in [6.45, 7) is 36.3. The molecule has 0 amide bonds. The lowest BCUT2D eigenvalue weighted by molar-refractivity contribution is -0.153. The third kappa shape index (κ3) is 10.8. The normalized spacial score (nSPS) is 13.8. The zero-order valence-corrected chi connectivity index (χ0v) is 30.9. The summed E-state index contributed by atoms with van der Waals surface area (Å²) in [5.74, 6) is 1.33. The van der Waals surface area contributed by atoms with E-state index in [1.54, 1.807) is 0 Å². The third-order valence-electron chi connectivity index (χ3n) is 8.52. The number of benzene rings is 1. The van der Waals surface area contributed by atoms with E-state index in [2.05, 4.69) is 94.6 Å². The first-order chi connectivity index (χ1) is 17.8. The number of carbonyl (C=O) groups is 1. The monoisotopic (exact) mass is 594 g/mol. The average molecular weight is 595 g/mol. The SMILES string of the molecule is CCCCOc1cc(CC(=O)OC(C)(C)C)c(C(C)(C)CCO[Si](C)(C)C(C)(C)C)c(O[Si](C)(C)C(C)(C)C)c1. The molecule has 232 valence electrons. The first-order valence-corrected chi connectivity index (χ1v) is 21.0. The average Bonchev–Trinajstić information content (AvgIpc) is 2.69. The van der Waals surface area contributed by atoms with Gasteiger partial charge in [-0.15, -0.1) is 0 Å². The molecule has 40 heavy (non-hydrogen) atoms. The van der Waals surface area contributed by atoms with Crippen LogP contribution in [0.4, 0.5) is 0 Å². The highest BCUT2D eigenvalue weighted by Crippen LogP contribution is 2.45. The lowest BCUT2D eigenvalue weighted by Crippen LogP contribution is -2.44. The molecule has 0 aliphatic rings. The topological polar surface area (TPSA) is 54.0 Å². The van der Waals surface area contributed by atoms with Crippen LogP contribution in [0.15, 0.2) is 12.1 Å². The number of rotatable bonds is 13. The van der Waals surface area contributed by atoms with Gasteiger partial charge in [0.1, 0.15) is 17.1 Å². The van der Waals surface area contributed by atoms with Gasteiger partial charge in [-0.25, -0.2) is 0 Å². The van der Waals surface area contributed by atoms with Crippen LogP contribution >= 0.6 is 0 Å². The smallest absolute Gasteiger partial charge is 0.310 e. The van der Waals surface area contributed by atoms with Crippen molar-refractivity contribution in [2.24, 2.45) is 0 Å². The van der Waals surface area contributed by atoms with Crippen LogP contribution < -0.4 is 9.16 Å². The highest BCUT2D eigenvalue weighted by molar-refractivity contribution is 6.75. The van der Waals surface area contributed by atoms with Crippen molar-refractivity contribution in [3.8, 4) is 11.5 Å². The molecule has 0 N–H and O–H groups in total. The van der Waals surface area contributed by atoms with Gasteiger partial charge in [-0.3, -0.25) is 4.79 Å². The van der Waals surface area contributed by atoms with Crippen molar-refractivity contribution in [2.45, 2.75) is 156 Å². The Labute approximate surface area is 249 Å². The van der Waals surface area contributed by atoms with Gasteiger partial charge in [0, 0.05) is 18.2 Å². The predicted octanol–water partition coefficient (Wildman–Crippen LogP) is 9.82. The van der Waals surface area contributed by atoms with Crippen LogP contribution in [0.2, 0.25) is 36.3 Å². The fraction of sp³-hybridized carbons (Fsp3) is 0.788. The zero-order chi connectivity index (χ0) is 31.4. The van der Waals surface area contributed by atoms with Gasteiger partial charge in [0.25, 0.3) is 0 Å². The van der Waals surface area contributed by atoms with Crippen LogP contribution in [0.1, 0.15) is 113 Å². The van der Waals surface area contributed by atoms with Crippen LogP contribution in [0, 0.1) is 0 Å². The lowest BCUT2D eigenvalue weighted by atomic mass is 9.78. The van der Waals surface area contributed by atoms with Crippen LogP contribution in [-0.2, 0) is 25.8 Å². The second-order valence-corrected chi connectivity index (χ2v) is 25.6. The molecule has 0 atom stereocenters. The second-order valence-electron chi connectivity index (χ2n) is 16.0. The lowest BCUT2D eigenvalue weighted by Gasteiger charge is -2.40. The van der Waals surface area contributed by atoms with Crippen LogP contribution in [0.25, 0.3) is 0 Å². The van der Waals surface area contributed by atoms with Crippen molar-refractivity contribution < 1.29 is 23.1 Å². The van der Waals surface area contributed by atoms with Crippen molar-refractivity contribution in [3.63, 3.8) is 0 Å². The van der Waals surface area contributed by atoms with Gasteiger partial charge in [0.15, 0.2) is 8.32 Å². The molecule has 0 fully saturated rings. The Morgan fingerprint density at radius 1 is 0.800 bits per heavy atom. The molecule has 0 unspecified atom stereocenters. The summed E-state index contributed by atoms with van der Waals surface area (Å²) in [6.07, 6.45) is 3.00. The summed E-state index contributed by atoms with van der Waals surface area (Å²) in [4.78, 5) is 13.2. The van der Waals surface area contributed by atoms with Gasteiger partial charge < -0.3 is 18.3 Å². The Balaban J connectivity index is 3.70. The quantitative estimate of drug-likeness (QED) is 0.129. The van der Waals surface area contributed by atoms with Crippen molar-refractivity contribution >= 4 is 22.6 Å². The fourth-order valence-corrected chi connectivity index (χ4v) is 5.98. The maximum Gasteiger partial charge on any atom is 0.310 e. The van der Waals surface area contributed by atoms with E-state index in [1.807, 2.05) is 26.8 Å². The number of ether oxygens (including phenoxy) is 2. The summed E-state index contributed by atoms with van der Waals surface area (Å²) in [6, 6.07) is 4.09. The van der Waals surface area contributed by atoms with Crippen molar-refractivity contribution in [3.05, 3.63) is 23.3 Å². The van der Waals surface area contributed by atoms with Crippen molar-refractivity contribution in [2.75, 3.05) is 13.2 Å². The van der Waals surface area contributed by atoms with Gasteiger partial charge in [0.05, 0.1) is 13.0 Å². The molecule has 0 saturated carbocycles. The third-order valence-corrected chi connectivity index (χ3v) is 17.4. The summed E-state index contributed by atoms with van der Waals surface area (Å²) in [5, 5.41) is 0.164. The number of carbonyl (C=O) groups excluding carboxylic acids is 1. The van der Waals surface area contributed by atoms with Gasteiger partial charge in [-0.1, -0.05) is 68.7 Å². The van der Waals surface area contributed by atoms with E-state index in [-0.39, 0.29) is 27.9 Å². The fourth-order valence-electron chi connectivity index (χ4n) is 3.91. The molecule has 0 radical (unpaired) electrons. The molecule has 1 aromatic rings. The van der Waals surface area contributed by atoms with Gasteiger partial charge in [-0.2, -0.15) is 0 Å². The van der Waals surface area contributed by atoms with E-state index < -0.39 is 22.2 Å². The van der Waals surface area contributed by atoms with Gasteiger partial charge >= 0.3 is 5.97 Å². The molecule has 1 aromatic carbocycles. The number of hydrogen-bond donors (Lipinski definition) is 0. The van der Waals surface area contributed by atoms with Gasteiger partial charge in [-0.05, 0) is 86.9 Å². The molecule has 7 heteroatoms. The standard InChI is InChI=1S/C33H62O5Si2/c1-17-18-20-35-26-22-25(23-28(34)37-30(2,3)4)29(27(24-26)38-40(15,16)32(8,9)10)33(11,12)19-21-36-39(13,14)31(5,6)7/h22,24H,17-21,23H2,1-16H3. The molecule has 0 saturated heterocycles. The molecule has 0 aliphatic heterocycles. The Morgan fingerprint density at radius 3 is 1.82 bits per heavy atom. The molecular weight excluding hydrogens is 533 g/mol. The second kappa shape index (κ2) is 13.3. The van der Waals surface area contributed by atoms with E-state index in [4.69, 9.17) is 18.3 Å². The maximum atomic E-state index is 13.2. The molecule has 0 aromatic heterocycles. The van der Waals surface area contributed by atoms with E-state index in [1.165, 1.54) is 0 Å². The molecule has 0 spiro atoms. The van der Waals surface area contributed by atoms with E-state index in [0.717, 1.165) is 41.9 Å². The Hall–Kier alpha value is -1.32. The number of unbranched alkanes of at least 4 members (excludes halogenated alkanes) is 1. The maximum absolute atomic E-state index is 13.2. The minimum absolute atomic E-state index is 0.0181.